The van der Waals surface area contributed by atoms with Crippen LogP contribution in [0.25, 0.3) is 24.6 Å². The van der Waals surface area contributed by atoms with Crippen molar-refractivity contribution in [2.24, 2.45) is 22.9 Å². The number of hydrogen-bond donors (Lipinski definition) is 4. The van der Waals surface area contributed by atoms with Gasteiger partial charge in [-0.05, 0) is 51.4 Å². The van der Waals surface area contributed by atoms with Gasteiger partial charge in [-0.3, -0.25) is 0 Å². The molecule has 0 aliphatic heterocycles. The summed E-state index contributed by atoms with van der Waals surface area (Å²) < 4.78 is 21.2. The fourth-order valence-corrected chi connectivity index (χ4v) is 5.64. The Morgan fingerprint density at radius 1 is 0.378 bits per heavy atom. The first kappa shape index (κ1) is 69.5. The average Bonchev–Trinajstić information content (AvgIpc) is 2.81. The molecule has 4 aliphatic rings. The molecule has 0 aromatic carbocycles. The van der Waals surface area contributed by atoms with E-state index < -0.39 is 15.6 Å². The second-order valence-electron chi connectivity index (χ2n) is 10.6. The minimum atomic E-state index is -5.68. The smallest absolute Gasteiger partial charge is 0.790 e. The van der Waals surface area contributed by atoms with Crippen LogP contribution in [0.3, 0.4) is 0 Å². The third-order valence-corrected chi connectivity index (χ3v) is 8.40. The van der Waals surface area contributed by atoms with E-state index in [0.29, 0.717) is 24.2 Å². The van der Waals surface area contributed by atoms with E-state index in [1.807, 2.05) is 0 Å². The Hall–Kier alpha value is 2.69. The van der Waals surface area contributed by atoms with Crippen molar-refractivity contribution in [1.29, 1.82) is 0 Å². The standard InChI is InChI=1S/4C6H13N.4H2N.H4O7P2.4Pt/c4*7-6-4-2-1-3-5-6;;;;;1-8(2,3)7-9(4,5)6;;;;/h4*6H,1-5,7H2;4*1H2;(H2,1,2,3)(H2,4,5,6);;;;/q;;;;4*-1;;4*+2/p-4. The summed E-state index contributed by atoms with van der Waals surface area (Å²) in [6, 6.07) is 2.14. The fourth-order valence-electron chi connectivity index (χ4n) is 4.66. The summed E-state index contributed by atoms with van der Waals surface area (Å²) in [7, 11) is -11.4. The first-order valence-corrected chi connectivity index (χ1v) is 17.0. The summed E-state index contributed by atoms with van der Waals surface area (Å²) in [6.07, 6.45) is 26.7. The van der Waals surface area contributed by atoms with Crippen molar-refractivity contribution < 1.29 is 117 Å². The molecule has 0 atom stereocenters. The topological polar surface area (TPSA) is 374 Å². The molecule has 4 rings (SSSR count). The van der Waals surface area contributed by atoms with Crippen LogP contribution in [0.4, 0.5) is 0 Å². The van der Waals surface area contributed by atoms with Gasteiger partial charge in [0, 0.05) is 24.2 Å². The largest absolute Gasteiger partial charge is 2.00 e. The molecule has 4 aliphatic carbocycles. The summed E-state index contributed by atoms with van der Waals surface area (Å²) in [4.78, 5) is 37.3. The van der Waals surface area contributed by atoms with Gasteiger partial charge in [-0.25, -0.2) is 0 Å². The zero-order chi connectivity index (χ0) is 28.2. The van der Waals surface area contributed by atoms with Crippen molar-refractivity contribution in [1.82, 2.24) is 0 Å². The predicted molar refractivity (Wildman–Crippen MR) is 162 cm³/mol. The molecule has 0 saturated heterocycles. The fraction of sp³-hybridized carbons (Fsp3) is 1.00. The number of nitrogens with two attached hydrogens (primary N) is 8. The van der Waals surface area contributed by atoms with Crippen molar-refractivity contribution in [2.75, 3.05) is 0 Å². The summed E-state index contributed by atoms with van der Waals surface area (Å²) in [5.41, 5.74) is 22.5. The molecular weight excluding hydrogens is 1350 g/mol. The summed E-state index contributed by atoms with van der Waals surface area (Å²) in [6.45, 7) is 0. The Morgan fingerprint density at radius 2 is 0.511 bits per heavy atom. The predicted octanol–water partition coefficient (Wildman–Crippen LogP) is 4.63. The molecular formula is C24H60N8O7P2Pt4. The van der Waals surface area contributed by atoms with Crippen LogP contribution in [0.1, 0.15) is 128 Å². The maximum absolute atomic E-state index is 9.32. The molecule has 0 unspecified atom stereocenters. The van der Waals surface area contributed by atoms with E-state index in [4.69, 9.17) is 22.9 Å². The van der Waals surface area contributed by atoms with Crippen LogP contribution in [0.2, 0.25) is 0 Å². The molecule has 0 radical (unpaired) electrons. The molecule has 4 fully saturated rings. The van der Waals surface area contributed by atoms with Crippen LogP contribution < -0.4 is 42.5 Å². The van der Waals surface area contributed by atoms with Crippen LogP contribution in [-0.4, -0.2) is 24.2 Å². The van der Waals surface area contributed by atoms with Crippen LogP contribution in [0.15, 0.2) is 0 Å². The minimum absolute atomic E-state index is 0. The van der Waals surface area contributed by atoms with Crippen LogP contribution >= 0.6 is 15.6 Å². The molecule has 288 valence electrons. The van der Waals surface area contributed by atoms with Gasteiger partial charge in [0.2, 0.25) is 0 Å². The first-order chi connectivity index (χ1) is 17.3. The first-order valence-electron chi connectivity index (χ1n) is 14.1. The molecule has 0 aromatic rings. The van der Waals surface area contributed by atoms with E-state index in [0.717, 1.165) is 0 Å². The van der Waals surface area contributed by atoms with Gasteiger partial charge in [-0.2, -0.15) is 0 Å². The van der Waals surface area contributed by atoms with Crippen molar-refractivity contribution in [3.63, 3.8) is 0 Å². The van der Waals surface area contributed by atoms with Gasteiger partial charge in [-0.1, -0.05) is 77.0 Å². The molecule has 0 bridgehead atoms. The molecule has 4 saturated carbocycles. The number of hydrogen-bond acceptors (Lipinski definition) is 11. The Morgan fingerprint density at radius 3 is 0.556 bits per heavy atom. The molecule has 16 N–H and O–H groups in total. The summed E-state index contributed by atoms with van der Waals surface area (Å²) in [5.74, 6) is 0. The van der Waals surface area contributed by atoms with Gasteiger partial charge in [0.25, 0.3) is 0 Å². The van der Waals surface area contributed by atoms with E-state index in [9.17, 15) is 28.7 Å². The third-order valence-electron chi connectivity index (χ3n) is 6.80. The molecule has 0 heterocycles. The van der Waals surface area contributed by atoms with Gasteiger partial charge in [0.15, 0.2) is 0 Å². The minimum Gasteiger partial charge on any atom is -0.790 e. The van der Waals surface area contributed by atoms with Gasteiger partial charge in [-0.15, -0.1) is 0 Å². The molecule has 0 aromatic heterocycles. The Labute approximate surface area is 330 Å². The molecule has 0 spiro atoms. The SMILES string of the molecule is NC1CCCCC1.NC1CCCCC1.NC1CCCCC1.NC1CCCCC1.O=P([O-])([O-])OP(=O)([O-])[O-].[NH2-].[NH2-].[NH2-].[NH2-].[Pt+2].[Pt+2].[Pt+2].[Pt+2]. The van der Waals surface area contributed by atoms with Gasteiger partial charge < -0.3 is 80.6 Å². The van der Waals surface area contributed by atoms with Gasteiger partial charge in [0.05, 0.1) is 15.6 Å². The van der Waals surface area contributed by atoms with Gasteiger partial charge >= 0.3 is 84.3 Å². The van der Waals surface area contributed by atoms with Crippen LogP contribution in [0.5, 0.6) is 0 Å². The second-order valence-corrected chi connectivity index (χ2v) is 13.0. The average molecular weight is 1420 g/mol. The Bertz CT molecular complexity index is 559. The maximum Gasteiger partial charge on any atom is 2.00 e. The summed E-state index contributed by atoms with van der Waals surface area (Å²) >= 11 is 0. The van der Waals surface area contributed by atoms with Crippen LogP contribution in [-0.2, 0) is 97.7 Å². The maximum atomic E-state index is 9.32. The van der Waals surface area contributed by atoms with Crippen molar-refractivity contribution in [3.8, 4) is 0 Å². The van der Waals surface area contributed by atoms with E-state index in [1.165, 1.54) is 128 Å². The molecule has 0 amide bonds. The normalized spacial score (nSPS) is 18.5. The monoisotopic (exact) mass is 1410 g/mol. The molecule has 45 heavy (non-hydrogen) atoms. The van der Waals surface area contributed by atoms with E-state index in [-0.39, 0.29) is 109 Å². The van der Waals surface area contributed by atoms with Crippen molar-refractivity contribution in [2.45, 2.75) is 153 Å². The quantitative estimate of drug-likeness (QED) is 0.276. The number of phosphoric acid groups is 2. The number of rotatable bonds is 2. The van der Waals surface area contributed by atoms with Gasteiger partial charge in [0.1, 0.15) is 0 Å². The molecule has 21 heteroatoms. The van der Waals surface area contributed by atoms with Crippen molar-refractivity contribution >= 4 is 15.6 Å². The Balaban J connectivity index is -0.0000000493. The van der Waals surface area contributed by atoms with E-state index in [1.54, 1.807) is 0 Å². The summed E-state index contributed by atoms with van der Waals surface area (Å²) in [5, 5.41) is 0. The van der Waals surface area contributed by atoms with E-state index >= 15 is 0 Å². The van der Waals surface area contributed by atoms with Crippen LogP contribution in [0, 0.1) is 0 Å². The Kier molecular flexibility index (Phi) is 66.1. The van der Waals surface area contributed by atoms with E-state index in [2.05, 4.69) is 4.31 Å². The van der Waals surface area contributed by atoms with Crippen molar-refractivity contribution in [3.05, 3.63) is 24.6 Å². The third kappa shape index (κ3) is 56.3. The molecule has 15 nitrogen and oxygen atoms in total. The zero-order valence-corrected chi connectivity index (χ0v) is 37.0. The second kappa shape index (κ2) is 42.9. The zero-order valence-electron chi connectivity index (χ0n) is 26.1.